The lowest BCUT2D eigenvalue weighted by Gasteiger charge is -2.21. The fourth-order valence-electron chi connectivity index (χ4n) is 1.94. The number of rotatable bonds is 5. The molecule has 0 fully saturated rings. The van der Waals surface area contributed by atoms with Crippen LogP contribution in [0.2, 0.25) is 0 Å². The molecule has 1 aromatic carbocycles. The second kappa shape index (κ2) is 6.89. The van der Waals surface area contributed by atoms with Crippen molar-refractivity contribution < 1.29 is 32.2 Å². The number of aliphatic hydroxyl groups is 1. The van der Waals surface area contributed by atoms with Crippen molar-refractivity contribution in [2.75, 3.05) is 6.61 Å². The standard InChI is InChI=1S/C14H16F4O3/c1-3-9(13(20)21-4-2)12(19)8-5-6-11(15)10(7-8)14(16,17)18/h5-7,9,12,19H,3-4H2,1-2H3. The SMILES string of the molecule is CCOC(=O)C(CC)C(O)c1ccc(F)c(C(F)(F)F)c1. The van der Waals surface area contributed by atoms with Crippen molar-refractivity contribution in [3.63, 3.8) is 0 Å². The molecule has 2 atom stereocenters. The Kier molecular flexibility index (Phi) is 5.71. The van der Waals surface area contributed by atoms with E-state index in [2.05, 4.69) is 0 Å². The summed E-state index contributed by atoms with van der Waals surface area (Å²) in [6.45, 7) is 3.27. The van der Waals surface area contributed by atoms with E-state index in [-0.39, 0.29) is 18.6 Å². The quantitative estimate of drug-likeness (QED) is 0.669. The predicted octanol–water partition coefficient (Wildman–Crippen LogP) is 3.47. The maximum Gasteiger partial charge on any atom is 0.419 e. The van der Waals surface area contributed by atoms with Gasteiger partial charge >= 0.3 is 12.1 Å². The minimum atomic E-state index is -4.87. The highest BCUT2D eigenvalue weighted by molar-refractivity contribution is 5.73. The van der Waals surface area contributed by atoms with E-state index >= 15 is 0 Å². The molecular formula is C14H16F4O3. The van der Waals surface area contributed by atoms with Gasteiger partial charge in [-0.3, -0.25) is 4.79 Å². The van der Waals surface area contributed by atoms with Crippen LogP contribution in [0.3, 0.4) is 0 Å². The number of carbonyl (C=O) groups excluding carboxylic acids is 1. The van der Waals surface area contributed by atoms with Crippen LogP contribution in [0.1, 0.15) is 37.5 Å². The van der Waals surface area contributed by atoms with Crippen molar-refractivity contribution in [1.29, 1.82) is 0 Å². The van der Waals surface area contributed by atoms with Crippen LogP contribution in [0, 0.1) is 11.7 Å². The van der Waals surface area contributed by atoms with E-state index in [1.165, 1.54) is 0 Å². The fraction of sp³-hybridized carbons (Fsp3) is 0.500. The molecule has 0 aliphatic rings. The van der Waals surface area contributed by atoms with E-state index < -0.39 is 35.5 Å². The minimum absolute atomic E-state index is 0.0965. The van der Waals surface area contributed by atoms with E-state index in [9.17, 15) is 27.5 Å². The Hall–Kier alpha value is -1.63. The second-order valence-electron chi connectivity index (χ2n) is 4.45. The van der Waals surface area contributed by atoms with E-state index in [1.54, 1.807) is 13.8 Å². The lowest BCUT2D eigenvalue weighted by molar-refractivity contribution is -0.152. The summed E-state index contributed by atoms with van der Waals surface area (Å²) in [5.74, 6) is -3.13. The first-order valence-corrected chi connectivity index (χ1v) is 6.43. The summed E-state index contributed by atoms with van der Waals surface area (Å²) in [4.78, 5) is 11.7. The molecule has 0 radical (unpaired) electrons. The molecule has 7 heteroatoms. The molecule has 0 aliphatic heterocycles. The number of alkyl halides is 3. The zero-order chi connectivity index (χ0) is 16.2. The van der Waals surface area contributed by atoms with Gasteiger partial charge in [0.15, 0.2) is 0 Å². The Labute approximate surface area is 119 Å². The Morgan fingerprint density at radius 3 is 2.43 bits per heavy atom. The smallest absolute Gasteiger partial charge is 0.419 e. The van der Waals surface area contributed by atoms with Crippen LogP contribution in [0.4, 0.5) is 17.6 Å². The number of aliphatic hydroxyl groups excluding tert-OH is 1. The summed E-state index contributed by atoms with van der Waals surface area (Å²) < 4.78 is 55.9. The molecule has 1 aromatic rings. The summed E-state index contributed by atoms with van der Waals surface area (Å²) in [6.07, 6.45) is -6.18. The Morgan fingerprint density at radius 2 is 1.95 bits per heavy atom. The normalized spacial score (nSPS) is 14.6. The molecule has 118 valence electrons. The van der Waals surface area contributed by atoms with Gasteiger partial charge in [-0.05, 0) is 31.0 Å². The van der Waals surface area contributed by atoms with Crippen molar-refractivity contribution >= 4 is 5.97 Å². The molecule has 1 N–H and O–H groups in total. The van der Waals surface area contributed by atoms with E-state index in [1.807, 2.05) is 0 Å². The zero-order valence-electron chi connectivity index (χ0n) is 11.6. The molecular weight excluding hydrogens is 292 g/mol. The summed E-state index contributed by atoms with van der Waals surface area (Å²) in [6, 6.07) is 2.16. The topological polar surface area (TPSA) is 46.5 Å². The highest BCUT2D eigenvalue weighted by atomic mass is 19.4. The van der Waals surface area contributed by atoms with Crippen LogP contribution in [-0.4, -0.2) is 17.7 Å². The number of carbonyl (C=O) groups is 1. The second-order valence-corrected chi connectivity index (χ2v) is 4.45. The Bertz CT molecular complexity index is 499. The van der Waals surface area contributed by atoms with Gasteiger partial charge in [-0.15, -0.1) is 0 Å². The molecule has 21 heavy (non-hydrogen) atoms. The summed E-state index contributed by atoms with van der Waals surface area (Å²) in [5, 5.41) is 10.1. The first-order valence-electron chi connectivity index (χ1n) is 6.43. The maximum atomic E-state index is 13.2. The average Bonchev–Trinajstić information content (AvgIpc) is 2.38. The number of halogens is 4. The highest BCUT2D eigenvalue weighted by Crippen LogP contribution is 2.34. The van der Waals surface area contributed by atoms with Gasteiger partial charge in [-0.1, -0.05) is 13.0 Å². The number of hydrogen-bond donors (Lipinski definition) is 1. The van der Waals surface area contributed by atoms with E-state index in [4.69, 9.17) is 4.74 Å². The van der Waals surface area contributed by atoms with Crippen molar-refractivity contribution in [3.8, 4) is 0 Å². The maximum absolute atomic E-state index is 13.2. The number of esters is 1. The van der Waals surface area contributed by atoms with Gasteiger partial charge in [0.2, 0.25) is 0 Å². The third-order valence-electron chi connectivity index (χ3n) is 3.05. The molecule has 0 bridgehead atoms. The third kappa shape index (κ3) is 4.17. The summed E-state index contributed by atoms with van der Waals surface area (Å²) >= 11 is 0. The molecule has 0 saturated carbocycles. The third-order valence-corrected chi connectivity index (χ3v) is 3.05. The van der Waals surface area contributed by atoms with Crippen LogP contribution < -0.4 is 0 Å². The number of ether oxygens (including phenoxy) is 1. The minimum Gasteiger partial charge on any atom is -0.466 e. The van der Waals surface area contributed by atoms with E-state index in [0.29, 0.717) is 12.1 Å². The molecule has 3 nitrogen and oxygen atoms in total. The average molecular weight is 308 g/mol. The summed E-state index contributed by atoms with van der Waals surface area (Å²) in [7, 11) is 0. The summed E-state index contributed by atoms with van der Waals surface area (Å²) in [5.41, 5.74) is -1.65. The largest absolute Gasteiger partial charge is 0.466 e. The molecule has 0 aliphatic carbocycles. The van der Waals surface area contributed by atoms with Gasteiger partial charge in [0.1, 0.15) is 5.82 Å². The first-order chi connectivity index (χ1) is 9.72. The molecule has 0 aromatic heterocycles. The van der Waals surface area contributed by atoms with Crippen LogP contribution >= 0.6 is 0 Å². The number of hydrogen-bond acceptors (Lipinski definition) is 3. The molecule has 0 saturated heterocycles. The first kappa shape index (κ1) is 17.4. The molecule has 2 unspecified atom stereocenters. The fourth-order valence-corrected chi connectivity index (χ4v) is 1.94. The van der Waals surface area contributed by atoms with Crippen molar-refractivity contribution in [3.05, 3.63) is 35.1 Å². The van der Waals surface area contributed by atoms with Crippen LogP contribution in [0.5, 0.6) is 0 Å². The lowest BCUT2D eigenvalue weighted by atomic mass is 9.92. The Morgan fingerprint density at radius 1 is 1.33 bits per heavy atom. The zero-order valence-corrected chi connectivity index (χ0v) is 11.6. The number of benzene rings is 1. The molecule has 1 rings (SSSR count). The van der Waals surface area contributed by atoms with Gasteiger partial charge in [0, 0.05) is 0 Å². The monoisotopic (exact) mass is 308 g/mol. The van der Waals surface area contributed by atoms with Gasteiger partial charge in [0.05, 0.1) is 24.2 Å². The van der Waals surface area contributed by atoms with Crippen molar-refractivity contribution in [2.24, 2.45) is 5.92 Å². The van der Waals surface area contributed by atoms with Gasteiger partial charge in [-0.25, -0.2) is 4.39 Å². The van der Waals surface area contributed by atoms with Gasteiger partial charge in [-0.2, -0.15) is 13.2 Å². The Balaban J connectivity index is 3.12. The van der Waals surface area contributed by atoms with Gasteiger partial charge < -0.3 is 9.84 Å². The lowest BCUT2D eigenvalue weighted by Crippen LogP contribution is -2.24. The van der Waals surface area contributed by atoms with E-state index in [0.717, 1.165) is 6.07 Å². The van der Waals surface area contributed by atoms with Crippen molar-refractivity contribution in [1.82, 2.24) is 0 Å². The van der Waals surface area contributed by atoms with Crippen LogP contribution in [-0.2, 0) is 15.7 Å². The van der Waals surface area contributed by atoms with Crippen LogP contribution in [0.15, 0.2) is 18.2 Å². The van der Waals surface area contributed by atoms with Crippen LogP contribution in [0.25, 0.3) is 0 Å². The highest BCUT2D eigenvalue weighted by Gasteiger charge is 2.36. The van der Waals surface area contributed by atoms with Crippen molar-refractivity contribution in [2.45, 2.75) is 32.5 Å². The van der Waals surface area contributed by atoms with Gasteiger partial charge in [0.25, 0.3) is 0 Å². The molecule has 0 spiro atoms. The molecule has 0 heterocycles. The predicted molar refractivity (Wildman–Crippen MR) is 66.8 cm³/mol. The molecule has 0 amide bonds.